The Morgan fingerprint density at radius 3 is 2.73 bits per heavy atom. The Kier molecular flexibility index (Phi) is 2.22. The van der Waals surface area contributed by atoms with Crippen molar-refractivity contribution in [1.29, 1.82) is 0 Å². The van der Waals surface area contributed by atoms with Crippen LogP contribution in [0, 0.1) is 11.3 Å². The van der Waals surface area contributed by atoms with Crippen molar-refractivity contribution in [2.75, 3.05) is 0 Å². The highest BCUT2D eigenvalue weighted by Crippen LogP contribution is 2.42. The van der Waals surface area contributed by atoms with Gasteiger partial charge in [-0.2, -0.15) is 0 Å². The van der Waals surface area contributed by atoms with Crippen LogP contribution in [0.2, 0.25) is 0 Å². The zero-order valence-corrected chi connectivity index (χ0v) is 7.85. The van der Waals surface area contributed by atoms with Gasteiger partial charge in [0, 0.05) is 0 Å². The molecule has 1 atom stereocenters. The third kappa shape index (κ3) is 1.74. The van der Waals surface area contributed by atoms with Crippen LogP contribution in [-0.4, -0.2) is 0 Å². The van der Waals surface area contributed by atoms with Crippen molar-refractivity contribution >= 4 is 0 Å². The maximum atomic E-state index is 3.79. The molecule has 0 fully saturated rings. The van der Waals surface area contributed by atoms with Gasteiger partial charge >= 0.3 is 0 Å². The van der Waals surface area contributed by atoms with Crippen molar-refractivity contribution in [3.05, 3.63) is 24.3 Å². The lowest BCUT2D eigenvalue weighted by Crippen LogP contribution is -2.16. The van der Waals surface area contributed by atoms with E-state index in [2.05, 4.69) is 33.4 Å². The second kappa shape index (κ2) is 2.84. The Morgan fingerprint density at radius 2 is 2.36 bits per heavy atom. The molecule has 0 saturated carbocycles. The lowest BCUT2D eigenvalue weighted by Gasteiger charge is -2.24. The Labute approximate surface area is 70.0 Å². The molecule has 0 bridgehead atoms. The van der Waals surface area contributed by atoms with Crippen LogP contribution >= 0.6 is 0 Å². The fourth-order valence-electron chi connectivity index (χ4n) is 2.05. The average molecular weight is 150 g/mol. The van der Waals surface area contributed by atoms with Crippen molar-refractivity contribution in [3.63, 3.8) is 0 Å². The molecular formula is C11H18. The van der Waals surface area contributed by atoms with E-state index in [4.69, 9.17) is 0 Å². The molecule has 0 spiro atoms. The van der Waals surface area contributed by atoms with Crippen molar-refractivity contribution in [3.8, 4) is 0 Å². The van der Waals surface area contributed by atoms with E-state index in [1.54, 1.807) is 5.57 Å². The minimum Gasteiger partial charge on any atom is -0.103 e. The molecule has 0 radical (unpaired) electrons. The van der Waals surface area contributed by atoms with E-state index in [1.165, 1.54) is 6.42 Å². The summed E-state index contributed by atoms with van der Waals surface area (Å²) in [5, 5.41) is 0. The first-order chi connectivity index (χ1) is 5.06. The molecule has 1 rings (SSSR count). The van der Waals surface area contributed by atoms with Crippen LogP contribution in [0.15, 0.2) is 24.3 Å². The summed E-state index contributed by atoms with van der Waals surface area (Å²) < 4.78 is 0. The maximum Gasteiger partial charge on any atom is -0.0138 e. The molecule has 62 valence electrons. The summed E-state index contributed by atoms with van der Waals surface area (Å²) in [4.78, 5) is 0. The summed E-state index contributed by atoms with van der Waals surface area (Å²) in [6.07, 6.45) is 6.86. The summed E-state index contributed by atoms with van der Waals surface area (Å²) in [6.45, 7) is 10.7. The molecule has 0 saturated heterocycles. The highest BCUT2D eigenvalue weighted by molar-refractivity contribution is 5.16. The summed E-state index contributed by atoms with van der Waals surface area (Å²) in [6, 6.07) is 0. The van der Waals surface area contributed by atoms with Crippen LogP contribution in [0.3, 0.4) is 0 Å². The van der Waals surface area contributed by atoms with Gasteiger partial charge in [0.15, 0.2) is 0 Å². The molecule has 0 aromatic carbocycles. The molecule has 0 amide bonds. The molecule has 0 aromatic heterocycles. The molecule has 0 nitrogen and oxygen atoms in total. The highest BCUT2D eigenvalue weighted by Gasteiger charge is 2.31. The van der Waals surface area contributed by atoms with E-state index < -0.39 is 0 Å². The van der Waals surface area contributed by atoms with Gasteiger partial charge in [0.2, 0.25) is 0 Å². The third-order valence-corrected chi connectivity index (χ3v) is 2.69. The maximum absolute atomic E-state index is 3.79. The molecule has 0 heteroatoms. The molecular weight excluding hydrogens is 132 g/mol. The lowest BCUT2D eigenvalue weighted by molar-refractivity contribution is 0.310. The van der Waals surface area contributed by atoms with E-state index >= 15 is 0 Å². The zero-order valence-electron chi connectivity index (χ0n) is 7.85. The topological polar surface area (TPSA) is 0 Å². The van der Waals surface area contributed by atoms with Gasteiger partial charge in [-0.05, 0) is 31.1 Å². The first kappa shape index (κ1) is 8.58. The summed E-state index contributed by atoms with van der Waals surface area (Å²) in [7, 11) is 0. The first-order valence-electron chi connectivity index (χ1n) is 4.35. The van der Waals surface area contributed by atoms with Gasteiger partial charge in [-0.3, -0.25) is 0 Å². The second-order valence-electron chi connectivity index (χ2n) is 4.24. The lowest BCUT2D eigenvalue weighted by atomic mass is 9.80. The van der Waals surface area contributed by atoms with Crippen LogP contribution in [0.5, 0.6) is 0 Å². The van der Waals surface area contributed by atoms with Crippen LogP contribution < -0.4 is 0 Å². The quantitative estimate of drug-likeness (QED) is 0.528. The molecule has 0 aliphatic heterocycles. The van der Waals surface area contributed by atoms with Crippen LogP contribution in [0.25, 0.3) is 0 Å². The smallest absolute Gasteiger partial charge is 0.0138 e. The zero-order chi connectivity index (χ0) is 8.48. The number of allylic oxidation sites excluding steroid dienone is 3. The number of hydrogen-bond acceptors (Lipinski definition) is 0. The molecule has 0 heterocycles. The number of rotatable bonds is 2. The summed E-state index contributed by atoms with van der Waals surface area (Å²) in [5.41, 5.74) is 1.94. The Morgan fingerprint density at radius 1 is 1.73 bits per heavy atom. The van der Waals surface area contributed by atoms with Crippen molar-refractivity contribution in [1.82, 2.24) is 0 Å². The molecule has 11 heavy (non-hydrogen) atoms. The van der Waals surface area contributed by atoms with Gasteiger partial charge in [0.1, 0.15) is 0 Å². The Bertz CT molecular complexity index is 184. The fourth-order valence-corrected chi connectivity index (χ4v) is 2.05. The van der Waals surface area contributed by atoms with Crippen molar-refractivity contribution in [2.24, 2.45) is 11.3 Å². The van der Waals surface area contributed by atoms with Gasteiger partial charge in [0.25, 0.3) is 0 Å². The van der Waals surface area contributed by atoms with Gasteiger partial charge in [-0.25, -0.2) is 0 Å². The van der Waals surface area contributed by atoms with Gasteiger partial charge in [0.05, 0.1) is 0 Å². The number of hydrogen-bond donors (Lipinski definition) is 0. The van der Waals surface area contributed by atoms with Crippen LogP contribution in [0.1, 0.15) is 33.6 Å². The molecule has 0 aromatic rings. The minimum absolute atomic E-state index is 0.401. The van der Waals surface area contributed by atoms with E-state index in [0.29, 0.717) is 5.41 Å². The van der Waals surface area contributed by atoms with Crippen LogP contribution in [0.4, 0.5) is 0 Å². The second-order valence-corrected chi connectivity index (χ2v) is 4.24. The Hall–Kier alpha value is -0.520. The average Bonchev–Trinajstić information content (AvgIpc) is 2.07. The van der Waals surface area contributed by atoms with E-state index in [0.717, 1.165) is 12.3 Å². The predicted octanol–water partition coefficient (Wildman–Crippen LogP) is 3.55. The SMILES string of the molecule is C=CC[C@@H]1CC(C)=CC1(C)C. The third-order valence-electron chi connectivity index (χ3n) is 2.69. The van der Waals surface area contributed by atoms with Crippen molar-refractivity contribution in [2.45, 2.75) is 33.6 Å². The monoisotopic (exact) mass is 150 g/mol. The molecule has 1 aliphatic carbocycles. The van der Waals surface area contributed by atoms with E-state index in [9.17, 15) is 0 Å². The first-order valence-corrected chi connectivity index (χ1v) is 4.35. The molecule has 0 unspecified atom stereocenters. The largest absolute Gasteiger partial charge is 0.103 e. The van der Waals surface area contributed by atoms with E-state index in [-0.39, 0.29) is 0 Å². The normalized spacial score (nSPS) is 28.3. The van der Waals surface area contributed by atoms with Gasteiger partial charge in [-0.1, -0.05) is 31.6 Å². The van der Waals surface area contributed by atoms with Gasteiger partial charge in [-0.15, -0.1) is 6.58 Å². The van der Waals surface area contributed by atoms with E-state index in [1.807, 2.05) is 6.08 Å². The molecule has 0 N–H and O–H groups in total. The van der Waals surface area contributed by atoms with Crippen molar-refractivity contribution < 1.29 is 0 Å². The summed E-state index contributed by atoms with van der Waals surface area (Å²) in [5.74, 6) is 0.792. The van der Waals surface area contributed by atoms with Crippen LogP contribution in [-0.2, 0) is 0 Å². The Balaban J connectivity index is 2.67. The predicted molar refractivity (Wildman–Crippen MR) is 50.5 cm³/mol. The summed E-state index contributed by atoms with van der Waals surface area (Å²) >= 11 is 0. The molecule has 1 aliphatic rings. The van der Waals surface area contributed by atoms with Gasteiger partial charge < -0.3 is 0 Å². The minimum atomic E-state index is 0.401. The standard InChI is InChI=1S/C11H18/c1-5-6-10-7-9(2)8-11(10,3)4/h5,8,10H,1,6-7H2,2-4H3/t10-/m1/s1. The highest BCUT2D eigenvalue weighted by atomic mass is 14.4. The fraction of sp³-hybridized carbons (Fsp3) is 0.636.